The van der Waals surface area contributed by atoms with Crippen LogP contribution in [0.15, 0.2) is 48.5 Å². The van der Waals surface area contributed by atoms with E-state index < -0.39 is 25.2 Å². The monoisotopic (exact) mass is 432 g/mol. The SMILES string of the molecule is CCCOC(=O)C(CC(=O)OCCO)CP1(=O)Oc2ccccc2-c2ccccc21. The number of carbonyl (C=O) groups is 2. The van der Waals surface area contributed by atoms with Crippen molar-refractivity contribution in [1.82, 2.24) is 0 Å². The van der Waals surface area contributed by atoms with Crippen LogP contribution in [-0.4, -0.2) is 43.0 Å². The number of carbonyl (C=O) groups excluding carboxylic acids is 2. The molecule has 0 saturated carbocycles. The van der Waals surface area contributed by atoms with Crippen LogP contribution in [0.2, 0.25) is 0 Å². The predicted molar refractivity (Wildman–Crippen MR) is 112 cm³/mol. The second-order valence-corrected chi connectivity index (χ2v) is 9.35. The number of esters is 2. The summed E-state index contributed by atoms with van der Waals surface area (Å²) in [5.41, 5.74) is 1.61. The fourth-order valence-electron chi connectivity index (χ4n) is 3.36. The van der Waals surface area contributed by atoms with Crippen LogP contribution in [0.1, 0.15) is 19.8 Å². The van der Waals surface area contributed by atoms with Gasteiger partial charge in [-0.05, 0) is 24.1 Å². The fraction of sp³-hybridized carbons (Fsp3) is 0.364. The molecule has 160 valence electrons. The Balaban J connectivity index is 1.91. The summed E-state index contributed by atoms with van der Waals surface area (Å²) in [5.74, 6) is -1.80. The van der Waals surface area contributed by atoms with Gasteiger partial charge in [-0.2, -0.15) is 0 Å². The molecule has 2 aromatic rings. The van der Waals surface area contributed by atoms with Crippen molar-refractivity contribution in [2.75, 3.05) is 26.0 Å². The highest BCUT2D eigenvalue weighted by molar-refractivity contribution is 7.67. The Bertz CT molecular complexity index is 956. The largest absolute Gasteiger partial charge is 0.465 e. The maximum atomic E-state index is 14.0. The van der Waals surface area contributed by atoms with Gasteiger partial charge in [-0.25, -0.2) is 0 Å². The minimum absolute atomic E-state index is 0.167. The first kappa shape index (κ1) is 22.1. The second-order valence-electron chi connectivity index (χ2n) is 6.97. The van der Waals surface area contributed by atoms with Crippen molar-refractivity contribution in [3.05, 3.63) is 48.5 Å². The summed E-state index contributed by atoms with van der Waals surface area (Å²) in [6, 6.07) is 14.5. The molecule has 1 aliphatic rings. The Morgan fingerprint density at radius 3 is 2.47 bits per heavy atom. The number of hydrogen-bond acceptors (Lipinski definition) is 7. The van der Waals surface area contributed by atoms with E-state index in [-0.39, 0.29) is 32.4 Å². The highest BCUT2D eigenvalue weighted by Crippen LogP contribution is 2.55. The van der Waals surface area contributed by atoms with Gasteiger partial charge in [0.05, 0.1) is 37.0 Å². The summed E-state index contributed by atoms with van der Waals surface area (Å²) in [5, 5.41) is 9.36. The van der Waals surface area contributed by atoms with E-state index in [0.717, 1.165) is 11.1 Å². The molecule has 2 aromatic carbocycles. The second kappa shape index (κ2) is 9.92. The van der Waals surface area contributed by atoms with E-state index >= 15 is 0 Å². The van der Waals surface area contributed by atoms with Gasteiger partial charge in [0, 0.05) is 5.56 Å². The topological polar surface area (TPSA) is 99.1 Å². The molecule has 8 heteroatoms. The number of ether oxygens (including phenoxy) is 2. The van der Waals surface area contributed by atoms with Gasteiger partial charge in [0.25, 0.3) is 7.37 Å². The summed E-state index contributed by atoms with van der Waals surface area (Å²) in [6.45, 7) is 1.57. The number of fused-ring (bicyclic) bond motifs is 3. The minimum Gasteiger partial charge on any atom is -0.465 e. The van der Waals surface area contributed by atoms with Crippen LogP contribution in [0.25, 0.3) is 11.1 Å². The molecule has 1 N–H and O–H groups in total. The Hall–Kier alpha value is -2.63. The van der Waals surface area contributed by atoms with Gasteiger partial charge in [-0.15, -0.1) is 0 Å². The third kappa shape index (κ3) is 4.91. The van der Waals surface area contributed by atoms with Crippen LogP contribution < -0.4 is 9.83 Å². The number of hydrogen-bond donors (Lipinski definition) is 1. The zero-order valence-corrected chi connectivity index (χ0v) is 17.7. The average Bonchev–Trinajstić information content (AvgIpc) is 2.75. The van der Waals surface area contributed by atoms with E-state index in [1.807, 2.05) is 31.2 Å². The average molecular weight is 432 g/mol. The molecule has 1 aliphatic heterocycles. The van der Waals surface area contributed by atoms with Gasteiger partial charge in [-0.1, -0.05) is 43.3 Å². The molecule has 3 rings (SSSR count). The smallest absolute Gasteiger partial charge is 0.310 e. The van der Waals surface area contributed by atoms with Crippen molar-refractivity contribution in [3.8, 4) is 16.9 Å². The van der Waals surface area contributed by atoms with Crippen molar-refractivity contribution in [1.29, 1.82) is 0 Å². The van der Waals surface area contributed by atoms with E-state index in [1.54, 1.807) is 24.3 Å². The Morgan fingerprint density at radius 1 is 1.03 bits per heavy atom. The van der Waals surface area contributed by atoms with Crippen molar-refractivity contribution >= 4 is 24.6 Å². The number of aliphatic hydroxyl groups excluding tert-OH is 1. The Kier molecular flexibility index (Phi) is 7.29. The van der Waals surface area contributed by atoms with E-state index in [1.165, 1.54) is 0 Å². The van der Waals surface area contributed by atoms with Gasteiger partial charge in [0.2, 0.25) is 0 Å². The van der Waals surface area contributed by atoms with Crippen molar-refractivity contribution in [2.45, 2.75) is 19.8 Å². The first-order valence-corrected chi connectivity index (χ1v) is 11.7. The first-order chi connectivity index (χ1) is 14.5. The van der Waals surface area contributed by atoms with Crippen molar-refractivity contribution in [2.24, 2.45) is 5.92 Å². The zero-order valence-electron chi connectivity index (χ0n) is 16.8. The standard InChI is InChI=1S/C22H25O7P/c1-2-12-28-22(25)16(14-21(24)27-13-11-23)15-30(26)20-10-6-4-8-18(20)17-7-3-5-9-19(17)29-30/h3-10,16,23H,2,11-15H2,1H3. The molecular weight excluding hydrogens is 407 g/mol. The lowest BCUT2D eigenvalue weighted by Gasteiger charge is -2.30. The first-order valence-electron chi connectivity index (χ1n) is 9.89. The number of aliphatic hydroxyl groups is 1. The molecule has 2 atom stereocenters. The van der Waals surface area contributed by atoms with Gasteiger partial charge >= 0.3 is 11.9 Å². The summed E-state index contributed by atoms with van der Waals surface area (Å²) < 4.78 is 30.1. The fourth-order valence-corrected chi connectivity index (χ4v) is 5.94. The molecule has 0 amide bonds. The molecule has 2 unspecified atom stereocenters. The van der Waals surface area contributed by atoms with Gasteiger partial charge in [0.15, 0.2) is 0 Å². The highest BCUT2D eigenvalue weighted by Gasteiger charge is 2.41. The lowest BCUT2D eigenvalue weighted by atomic mass is 10.0. The molecule has 0 aromatic heterocycles. The quantitative estimate of drug-likeness (QED) is 0.480. The maximum Gasteiger partial charge on any atom is 0.310 e. The molecule has 7 nitrogen and oxygen atoms in total. The Morgan fingerprint density at radius 2 is 1.73 bits per heavy atom. The molecule has 0 spiro atoms. The normalized spacial score (nSPS) is 17.8. The molecular formula is C22H25O7P. The summed E-state index contributed by atoms with van der Waals surface area (Å²) >= 11 is 0. The Labute approximate surface area is 175 Å². The van der Waals surface area contributed by atoms with Crippen LogP contribution in [0.4, 0.5) is 0 Å². The minimum atomic E-state index is -3.52. The lowest BCUT2D eigenvalue weighted by Crippen LogP contribution is -2.30. The van der Waals surface area contributed by atoms with Gasteiger partial charge in [0.1, 0.15) is 12.4 Å². The molecule has 0 fully saturated rings. The van der Waals surface area contributed by atoms with E-state index in [4.69, 9.17) is 19.1 Å². The van der Waals surface area contributed by atoms with Crippen molar-refractivity contribution in [3.63, 3.8) is 0 Å². The lowest BCUT2D eigenvalue weighted by molar-refractivity contribution is -0.154. The van der Waals surface area contributed by atoms with Crippen LogP contribution >= 0.6 is 7.37 Å². The van der Waals surface area contributed by atoms with Crippen LogP contribution in [-0.2, 0) is 23.6 Å². The maximum absolute atomic E-state index is 14.0. The highest BCUT2D eigenvalue weighted by atomic mass is 31.2. The third-order valence-corrected chi connectivity index (χ3v) is 7.24. The number of para-hydroxylation sites is 1. The number of rotatable bonds is 9. The zero-order chi connectivity index (χ0) is 21.6. The molecule has 1 heterocycles. The summed E-state index contributed by atoms with van der Waals surface area (Å²) in [7, 11) is -3.52. The van der Waals surface area contributed by atoms with Crippen LogP contribution in [0.3, 0.4) is 0 Å². The van der Waals surface area contributed by atoms with Crippen LogP contribution in [0.5, 0.6) is 5.75 Å². The molecule has 0 saturated heterocycles. The van der Waals surface area contributed by atoms with Crippen molar-refractivity contribution < 1.29 is 33.3 Å². The summed E-state index contributed by atoms with van der Waals surface area (Å²) in [4.78, 5) is 24.7. The molecule has 0 aliphatic carbocycles. The molecule has 30 heavy (non-hydrogen) atoms. The molecule has 0 bridgehead atoms. The van der Waals surface area contributed by atoms with Gasteiger partial charge < -0.3 is 19.1 Å². The predicted octanol–water partition coefficient (Wildman–Crippen LogP) is 3.14. The van der Waals surface area contributed by atoms with Gasteiger partial charge in [-0.3, -0.25) is 14.2 Å². The third-order valence-electron chi connectivity index (χ3n) is 4.70. The van der Waals surface area contributed by atoms with E-state index in [0.29, 0.717) is 17.5 Å². The number of benzene rings is 2. The molecule has 0 radical (unpaired) electrons. The van der Waals surface area contributed by atoms with Crippen LogP contribution in [0, 0.1) is 5.92 Å². The van der Waals surface area contributed by atoms with E-state index in [2.05, 4.69) is 0 Å². The summed E-state index contributed by atoms with van der Waals surface area (Å²) in [6.07, 6.45) is 0.132. The van der Waals surface area contributed by atoms with E-state index in [9.17, 15) is 14.2 Å².